The Morgan fingerprint density at radius 1 is 1.41 bits per heavy atom. The lowest BCUT2D eigenvalue weighted by Crippen LogP contribution is -2.54. The summed E-state index contributed by atoms with van der Waals surface area (Å²) in [5.74, 6) is 0.0419. The SMILES string of the molecule is CC1(C)CN(C(=O)CCc2nc3cc(C(F)(F)F)ccc3s2)CCC1N.Cl. The lowest BCUT2D eigenvalue weighted by molar-refractivity contribution is -0.137. The minimum Gasteiger partial charge on any atom is -0.342 e. The average Bonchev–Trinajstić information content (AvgIpc) is 2.96. The number of benzene rings is 1. The number of carbonyl (C=O) groups excluding carboxylic acids is 1. The minimum absolute atomic E-state index is 0. The van der Waals surface area contributed by atoms with Crippen molar-refractivity contribution in [2.24, 2.45) is 11.1 Å². The van der Waals surface area contributed by atoms with Crippen molar-refractivity contribution in [3.8, 4) is 0 Å². The van der Waals surface area contributed by atoms with Crippen LogP contribution < -0.4 is 5.73 Å². The van der Waals surface area contributed by atoms with Crippen LogP contribution >= 0.6 is 23.7 Å². The molecule has 1 aliphatic heterocycles. The number of amides is 1. The number of hydrogen-bond acceptors (Lipinski definition) is 4. The Balaban J connectivity index is 0.00000261. The highest BCUT2D eigenvalue weighted by Gasteiger charge is 2.35. The largest absolute Gasteiger partial charge is 0.416 e. The molecule has 27 heavy (non-hydrogen) atoms. The molecule has 1 amide bonds. The van der Waals surface area contributed by atoms with Crippen LogP contribution in [0.2, 0.25) is 0 Å². The summed E-state index contributed by atoms with van der Waals surface area (Å²) in [6, 6.07) is 3.65. The normalized spacial score (nSPS) is 19.8. The molecule has 0 spiro atoms. The van der Waals surface area contributed by atoms with Gasteiger partial charge in [-0.25, -0.2) is 4.98 Å². The van der Waals surface area contributed by atoms with Crippen LogP contribution in [0, 0.1) is 5.41 Å². The van der Waals surface area contributed by atoms with Crippen LogP contribution in [-0.4, -0.2) is 34.9 Å². The summed E-state index contributed by atoms with van der Waals surface area (Å²) in [4.78, 5) is 18.6. The zero-order chi connectivity index (χ0) is 19.1. The Kier molecular flexibility index (Phi) is 6.44. The molecular weight excluding hydrogens is 399 g/mol. The zero-order valence-corrected chi connectivity index (χ0v) is 16.8. The number of hydrogen-bond donors (Lipinski definition) is 1. The Morgan fingerprint density at radius 2 is 2.11 bits per heavy atom. The van der Waals surface area contributed by atoms with Crippen molar-refractivity contribution in [3.63, 3.8) is 0 Å². The molecule has 0 aliphatic carbocycles. The molecule has 3 rings (SSSR count). The Morgan fingerprint density at radius 3 is 2.74 bits per heavy atom. The van der Waals surface area contributed by atoms with Crippen LogP contribution in [0.4, 0.5) is 13.2 Å². The van der Waals surface area contributed by atoms with Crippen molar-refractivity contribution in [1.29, 1.82) is 0 Å². The van der Waals surface area contributed by atoms with Crippen LogP contribution in [0.15, 0.2) is 18.2 Å². The van der Waals surface area contributed by atoms with Crippen molar-refractivity contribution in [3.05, 3.63) is 28.8 Å². The van der Waals surface area contributed by atoms with Gasteiger partial charge in [0.1, 0.15) is 0 Å². The van der Waals surface area contributed by atoms with Gasteiger partial charge in [0.15, 0.2) is 0 Å². The van der Waals surface area contributed by atoms with Crippen LogP contribution in [0.1, 0.15) is 37.3 Å². The maximum Gasteiger partial charge on any atom is 0.416 e. The molecule has 0 bridgehead atoms. The topological polar surface area (TPSA) is 59.2 Å². The Hall–Kier alpha value is -1.38. The third-order valence-electron chi connectivity index (χ3n) is 4.98. The standard InChI is InChI=1S/C18H22F3N3OS.ClH/c1-17(2)10-24(8-7-14(17)22)16(25)6-5-15-23-12-9-11(18(19,20)21)3-4-13(12)26-15;/h3-4,9,14H,5-8,10,22H2,1-2H3;1H. The quantitative estimate of drug-likeness (QED) is 0.805. The third-order valence-corrected chi connectivity index (χ3v) is 6.07. The van der Waals surface area contributed by atoms with Gasteiger partial charge in [-0.1, -0.05) is 13.8 Å². The van der Waals surface area contributed by atoms with Gasteiger partial charge in [0.25, 0.3) is 0 Å². The van der Waals surface area contributed by atoms with Gasteiger partial charge in [0, 0.05) is 32.0 Å². The van der Waals surface area contributed by atoms with E-state index in [2.05, 4.69) is 18.8 Å². The monoisotopic (exact) mass is 421 g/mol. The maximum absolute atomic E-state index is 12.8. The average molecular weight is 422 g/mol. The van der Waals surface area contributed by atoms with Gasteiger partial charge in [-0.2, -0.15) is 13.2 Å². The zero-order valence-electron chi connectivity index (χ0n) is 15.2. The number of likely N-dealkylation sites (tertiary alicyclic amines) is 1. The van der Waals surface area contributed by atoms with Crippen molar-refractivity contribution in [2.75, 3.05) is 13.1 Å². The van der Waals surface area contributed by atoms with Gasteiger partial charge in [-0.05, 0) is 30.0 Å². The van der Waals surface area contributed by atoms with Gasteiger partial charge < -0.3 is 10.6 Å². The number of aromatic nitrogens is 1. The second kappa shape index (κ2) is 7.93. The van der Waals surface area contributed by atoms with E-state index in [4.69, 9.17) is 5.73 Å². The summed E-state index contributed by atoms with van der Waals surface area (Å²) in [6.45, 7) is 5.39. The number of thiazole rings is 1. The van der Waals surface area contributed by atoms with E-state index in [1.165, 1.54) is 17.4 Å². The van der Waals surface area contributed by atoms with Crippen molar-refractivity contribution < 1.29 is 18.0 Å². The van der Waals surface area contributed by atoms with Gasteiger partial charge in [-0.15, -0.1) is 23.7 Å². The molecule has 2 N–H and O–H groups in total. The number of nitrogens with zero attached hydrogens (tertiary/aromatic N) is 2. The predicted octanol–water partition coefficient (Wildman–Crippen LogP) is 4.26. The van der Waals surface area contributed by atoms with E-state index in [9.17, 15) is 18.0 Å². The number of halogens is 4. The van der Waals surface area contributed by atoms with Crippen LogP contribution in [-0.2, 0) is 17.4 Å². The molecule has 0 saturated carbocycles. The van der Waals surface area contributed by atoms with Crippen LogP contribution in [0.3, 0.4) is 0 Å². The first-order chi connectivity index (χ1) is 12.1. The highest BCUT2D eigenvalue weighted by atomic mass is 35.5. The van der Waals surface area contributed by atoms with Gasteiger partial charge in [-0.3, -0.25) is 4.79 Å². The fourth-order valence-electron chi connectivity index (χ4n) is 3.22. The van der Waals surface area contributed by atoms with E-state index < -0.39 is 11.7 Å². The molecule has 1 unspecified atom stereocenters. The fraction of sp³-hybridized carbons (Fsp3) is 0.556. The molecule has 1 aromatic heterocycles. The molecule has 150 valence electrons. The molecule has 0 radical (unpaired) electrons. The number of fused-ring (bicyclic) bond motifs is 1. The minimum atomic E-state index is -4.38. The molecule has 1 saturated heterocycles. The molecule has 1 fully saturated rings. The van der Waals surface area contributed by atoms with Gasteiger partial charge >= 0.3 is 6.18 Å². The molecule has 1 atom stereocenters. The number of aryl methyl sites for hydroxylation is 1. The predicted molar refractivity (Wildman–Crippen MR) is 103 cm³/mol. The lowest BCUT2D eigenvalue weighted by atomic mass is 9.79. The van der Waals surface area contributed by atoms with E-state index in [0.29, 0.717) is 41.2 Å². The highest BCUT2D eigenvalue weighted by Crippen LogP contribution is 2.33. The number of carbonyl (C=O) groups is 1. The molecular formula is C18H23ClF3N3OS. The van der Waals surface area contributed by atoms with Crippen molar-refractivity contribution in [1.82, 2.24) is 9.88 Å². The molecule has 2 aromatic rings. The number of piperidine rings is 1. The van der Waals surface area contributed by atoms with Crippen LogP contribution in [0.5, 0.6) is 0 Å². The summed E-state index contributed by atoms with van der Waals surface area (Å²) in [6.07, 6.45) is -2.87. The smallest absolute Gasteiger partial charge is 0.342 e. The first-order valence-corrected chi connectivity index (χ1v) is 9.38. The Labute approximate surface area is 166 Å². The van der Waals surface area contributed by atoms with Crippen LogP contribution in [0.25, 0.3) is 10.2 Å². The second-order valence-electron chi connectivity index (χ2n) is 7.49. The van der Waals surface area contributed by atoms with Gasteiger partial charge in [0.2, 0.25) is 5.91 Å². The first kappa shape index (κ1) is 21.9. The first-order valence-electron chi connectivity index (χ1n) is 8.56. The highest BCUT2D eigenvalue weighted by molar-refractivity contribution is 7.18. The Bertz CT molecular complexity index is 822. The molecule has 2 heterocycles. The molecule has 9 heteroatoms. The summed E-state index contributed by atoms with van der Waals surface area (Å²) in [7, 11) is 0. The summed E-state index contributed by atoms with van der Waals surface area (Å²) in [5.41, 5.74) is 5.61. The summed E-state index contributed by atoms with van der Waals surface area (Å²) in [5, 5.41) is 0.681. The second-order valence-corrected chi connectivity index (χ2v) is 8.60. The molecule has 1 aliphatic rings. The molecule has 1 aromatic carbocycles. The van der Waals surface area contributed by atoms with E-state index in [1.54, 1.807) is 0 Å². The van der Waals surface area contributed by atoms with E-state index in [1.807, 2.05) is 4.90 Å². The maximum atomic E-state index is 12.8. The fourth-order valence-corrected chi connectivity index (χ4v) is 4.16. The number of alkyl halides is 3. The van der Waals surface area contributed by atoms with Crippen molar-refractivity contribution >= 4 is 39.9 Å². The summed E-state index contributed by atoms with van der Waals surface area (Å²) < 4.78 is 39.1. The van der Waals surface area contributed by atoms with E-state index in [-0.39, 0.29) is 29.8 Å². The number of nitrogens with two attached hydrogens (primary N) is 1. The van der Waals surface area contributed by atoms with E-state index >= 15 is 0 Å². The van der Waals surface area contributed by atoms with Gasteiger partial charge in [0.05, 0.1) is 20.8 Å². The third kappa shape index (κ3) is 4.92. The van der Waals surface area contributed by atoms with E-state index in [0.717, 1.165) is 18.6 Å². The number of rotatable bonds is 3. The summed E-state index contributed by atoms with van der Waals surface area (Å²) >= 11 is 1.34. The molecule has 4 nitrogen and oxygen atoms in total. The van der Waals surface area contributed by atoms with Crippen molar-refractivity contribution in [2.45, 2.75) is 45.3 Å². The lowest BCUT2D eigenvalue weighted by Gasteiger charge is -2.42.